The Kier molecular flexibility index (Phi) is 4.99. The van der Waals surface area contributed by atoms with Crippen LogP contribution in [0.1, 0.15) is 58.9 Å². The molecule has 2 aliphatic rings. The number of hydrogen-bond donors (Lipinski definition) is 1. The van der Waals surface area contributed by atoms with E-state index in [4.69, 9.17) is 0 Å². The summed E-state index contributed by atoms with van der Waals surface area (Å²) in [5.74, 6) is 0.147. The first-order chi connectivity index (χ1) is 11.1. The van der Waals surface area contributed by atoms with Gasteiger partial charge in [0.15, 0.2) is 0 Å². The maximum absolute atomic E-state index is 13.1. The molecule has 126 valence electrons. The minimum atomic E-state index is -0.0497. The van der Waals surface area contributed by atoms with Crippen molar-refractivity contribution in [1.29, 1.82) is 0 Å². The Morgan fingerprint density at radius 2 is 2.04 bits per heavy atom. The molecular formula is C17H25N3O2S. The van der Waals surface area contributed by atoms with Crippen molar-refractivity contribution in [2.24, 2.45) is 5.92 Å². The second-order valence-corrected chi connectivity index (χ2v) is 7.81. The first-order valence-electron chi connectivity index (χ1n) is 8.60. The molecule has 6 heteroatoms. The first kappa shape index (κ1) is 16.4. The van der Waals surface area contributed by atoms with Crippen LogP contribution < -0.4 is 5.32 Å². The van der Waals surface area contributed by atoms with Gasteiger partial charge in [0.2, 0.25) is 5.91 Å². The fraction of sp³-hybridized carbons (Fsp3) is 0.706. The summed E-state index contributed by atoms with van der Waals surface area (Å²) in [5, 5.41) is 3.98. The molecule has 1 saturated carbocycles. The van der Waals surface area contributed by atoms with Gasteiger partial charge in [0.05, 0.1) is 16.6 Å². The van der Waals surface area contributed by atoms with E-state index < -0.39 is 0 Å². The summed E-state index contributed by atoms with van der Waals surface area (Å²) < 4.78 is 0. The van der Waals surface area contributed by atoms with Crippen molar-refractivity contribution in [2.75, 3.05) is 13.1 Å². The number of fused-ring (bicyclic) bond motifs is 1. The van der Waals surface area contributed by atoms with E-state index in [1.807, 2.05) is 18.7 Å². The van der Waals surface area contributed by atoms with Crippen LogP contribution >= 0.6 is 11.3 Å². The second kappa shape index (κ2) is 6.99. The van der Waals surface area contributed by atoms with Crippen LogP contribution in [0.4, 0.5) is 0 Å². The van der Waals surface area contributed by atoms with Crippen molar-refractivity contribution in [3.63, 3.8) is 0 Å². The topological polar surface area (TPSA) is 62.3 Å². The van der Waals surface area contributed by atoms with Crippen LogP contribution in [0, 0.1) is 19.8 Å². The van der Waals surface area contributed by atoms with Gasteiger partial charge in [-0.2, -0.15) is 0 Å². The van der Waals surface area contributed by atoms with Crippen molar-refractivity contribution in [2.45, 2.75) is 58.4 Å². The molecule has 1 aromatic rings. The number of nitrogens with zero attached hydrogens (tertiary/aromatic N) is 2. The van der Waals surface area contributed by atoms with Gasteiger partial charge in [-0.15, -0.1) is 11.3 Å². The van der Waals surface area contributed by atoms with E-state index in [0.717, 1.165) is 67.2 Å². The summed E-state index contributed by atoms with van der Waals surface area (Å²) in [5.41, 5.74) is 0.814. The van der Waals surface area contributed by atoms with Crippen LogP contribution in [0.2, 0.25) is 0 Å². The Labute approximate surface area is 141 Å². The molecular weight excluding hydrogens is 310 g/mol. The minimum Gasteiger partial charge on any atom is -0.356 e. The van der Waals surface area contributed by atoms with Gasteiger partial charge in [-0.1, -0.05) is 6.42 Å². The van der Waals surface area contributed by atoms with Crippen molar-refractivity contribution in [3.8, 4) is 0 Å². The molecule has 23 heavy (non-hydrogen) atoms. The van der Waals surface area contributed by atoms with Crippen molar-refractivity contribution >= 4 is 23.2 Å². The van der Waals surface area contributed by atoms with Crippen LogP contribution in [-0.2, 0) is 4.79 Å². The van der Waals surface area contributed by atoms with Gasteiger partial charge >= 0.3 is 0 Å². The molecule has 0 spiro atoms. The van der Waals surface area contributed by atoms with Crippen molar-refractivity contribution in [3.05, 3.63) is 15.6 Å². The van der Waals surface area contributed by atoms with Crippen LogP contribution in [0.25, 0.3) is 0 Å². The molecule has 2 unspecified atom stereocenters. The number of aromatic nitrogens is 1. The van der Waals surface area contributed by atoms with Crippen LogP contribution in [0.3, 0.4) is 0 Å². The monoisotopic (exact) mass is 335 g/mol. The first-order valence-corrected chi connectivity index (χ1v) is 9.42. The van der Waals surface area contributed by atoms with E-state index in [9.17, 15) is 9.59 Å². The van der Waals surface area contributed by atoms with Gasteiger partial charge < -0.3 is 10.2 Å². The molecule has 3 rings (SSSR count). The summed E-state index contributed by atoms with van der Waals surface area (Å²) >= 11 is 1.47. The molecule has 0 bridgehead atoms. The normalized spacial score (nSPS) is 25.8. The van der Waals surface area contributed by atoms with Crippen LogP contribution in [0.15, 0.2) is 0 Å². The van der Waals surface area contributed by atoms with Crippen molar-refractivity contribution < 1.29 is 9.59 Å². The highest BCUT2D eigenvalue weighted by molar-refractivity contribution is 7.13. The molecule has 5 nitrogen and oxygen atoms in total. The minimum absolute atomic E-state index is 0.0439. The maximum atomic E-state index is 13.1. The highest BCUT2D eigenvalue weighted by Gasteiger charge is 2.39. The molecule has 1 aromatic heterocycles. The highest BCUT2D eigenvalue weighted by atomic mass is 32.1. The number of carbonyl (C=O) groups is 2. The third-order valence-electron chi connectivity index (χ3n) is 4.95. The smallest absolute Gasteiger partial charge is 0.266 e. The van der Waals surface area contributed by atoms with E-state index in [0.29, 0.717) is 0 Å². The van der Waals surface area contributed by atoms with Crippen molar-refractivity contribution in [1.82, 2.24) is 15.2 Å². The lowest BCUT2D eigenvalue weighted by molar-refractivity contribution is -0.126. The Bertz CT molecular complexity index is 599. The third-order valence-corrected chi connectivity index (χ3v) is 6.01. The Balaban J connectivity index is 1.88. The van der Waals surface area contributed by atoms with E-state index in [1.54, 1.807) is 0 Å². The Morgan fingerprint density at radius 3 is 2.78 bits per heavy atom. The fourth-order valence-electron chi connectivity index (χ4n) is 3.82. The molecule has 2 amide bonds. The number of carbonyl (C=O) groups excluding carboxylic acids is 2. The molecule has 2 fully saturated rings. The Hall–Kier alpha value is -1.43. The number of rotatable bonds is 1. The SMILES string of the molecule is Cc1nc(C)c(C(=O)N2CCCCCNC(=O)C3CCCC32)s1. The lowest BCUT2D eigenvalue weighted by Crippen LogP contribution is -2.48. The maximum Gasteiger partial charge on any atom is 0.266 e. The largest absolute Gasteiger partial charge is 0.356 e. The number of aryl methyl sites for hydroxylation is 2. The zero-order valence-corrected chi connectivity index (χ0v) is 14.7. The van der Waals surface area contributed by atoms with Gasteiger partial charge in [0.25, 0.3) is 5.91 Å². The van der Waals surface area contributed by atoms with Crippen LogP contribution in [-0.4, -0.2) is 40.8 Å². The average molecular weight is 335 g/mol. The Morgan fingerprint density at radius 1 is 1.22 bits per heavy atom. The number of amides is 2. The van der Waals surface area contributed by atoms with E-state index in [1.165, 1.54) is 11.3 Å². The highest BCUT2D eigenvalue weighted by Crippen LogP contribution is 2.33. The predicted octanol–water partition coefficient (Wildman–Crippen LogP) is 2.67. The molecule has 2 heterocycles. The number of thiazole rings is 1. The number of nitrogens with one attached hydrogen (secondary N) is 1. The third kappa shape index (κ3) is 3.42. The molecule has 0 aromatic carbocycles. The summed E-state index contributed by atoms with van der Waals surface area (Å²) in [6, 6.07) is 0.0439. The van der Waals surface area contributed by atoms with Gasteiger partial charge in [-0.3, -0.25) is 9.59 Å². The molecule has 0 radical (unpaired) electrons. The summed E-state index contributed by atoms with van der Waals surface area (Å²) in [6.45, 7) is 5.35. The summed E-state index contributed by atoms with van der Waals surface area (Å²) in [6.07, 6.45) is 5.88. The second-order valence-electron chi connectivity index (χ2n) is 6.60. The standard InChI is InChI=1S/C17H25N3O2S/c1-11-15(23-12(2)19-11)17(22)20-10-5-3-4-9-18-16(21)13-7-6-8-14(13)20/h13-14H,3-10H2,1-2H3,(H,18,21). The lowest BCUT2D eigenvalue weighted by atomic mass is 9.99. The van der Waals surface area contributed by atoms with E-state index in [-0.39, 0.29) is 23.8 Å². The molecule has 1 aliphatic carbocycles. The average Bonchev–Trinajstić information content (AvgIpc) is 3.12. The molecule has 1 N–H and O–H groups in total. The van der Waals surface area contributed by atoms with Gasteiger partial charge in [-0.25, -0.2) is 4.98 Å². The molecule has 1 saturated heterocycles. The zero-order valence-electron chi connectivity index (χ0n) is 13.9. The zero-order chi connectivity index (χ0) is 16.4. The van der Waals surface area contributed by atoms with Gasteiger partial charge in [0, 0.05) is 19.1 Å². The van der Waals surface area contributed by atoms with Gasteiger partial charge in [0.1, 0.15) is 4.88 Å². The predicted molar refractivity (Wildman–Crippen MR) is 90.6 cm³/mol. The molecule has 2 atom stereocenters. The quantitative estimate of drug-likeness (QED) is 0.858. The molecule has 1 aliphatic heterocycles. The van der Waals surface area contributed by atoms with E-state index >= 15 is 0 Å². The summed E-state index contributed by atoms with van der Waals surface area (Å²) in [7, 11) is 0. The summed E-state index contributed by atoms with van der Waals surface area (Å²) in [4.78, 5) is 32.7. The fourth-order valence-corrected chi connectivity index (χ4v) is 4.70. The number of hydrogen-bond acceptors (Lipinski definition) is 4. The van der Waals surface area contributed by atoms with Crippen LogP contribution in [0.5, 0.6) is 0 Å². The lowest BCUT2D eigenvalue weighted by Gasteiger charge is -2.33. The van der Waals surface area contributed by atoms with E-state index in [2.05, 4.69) is 10.3 Å². The van der Waals surface area contributed by atoms with Gasteiger partial charge in [-0.05, 0) is 46.0 Å².